The van der Waals surface area contributed by atoms with E-state index in [0.717, 1.165) is 12.1 Å². The van der Waals surface area contributed by atoms with Gasteiger partial charge in [-0.2, -0.15) is 0 Å². The van der Waals surface area contributed by atoms with E-state index in [1.54, 1.807) is 19.1 Å². The zero-order valence-corrected chi connectivity index (χ0v) is 21.6. The van der Waals surface area contributed by atoms with Crippen molar-refractivity contribution in [2.24, 2.45) is 0 Å². The van der Waals surface area contributed by atoms with Gasteiger partial charge in [-0.1, -0.05) is 48.2 Å². The number of aromatic nitrogens is 2. The fraction of sp³-hybridized carbons (Fsp3) is 0.273. The maximum atomic E-state index is 12.8. The highest BCUT2D eigenvalue weighted by Crippen LogP contribution is 2.34. The fourth-order valence-electron chi connectivity index (χ4n) is 3.40. The third-order valence-electron chi connectivity index (χ3n) is 4.91. The van der Waals surface area contributed by atoms with Gasteiger partial charge in [0.2, 0.25) is 5.13 Å². The molecule has 0 aliphatic carbocycles. The summed E-state index contributed by atoms with van der Waals surface area (Å²) in [6.45, 7) is 4.03. The molecule has 1 atom stereocenters. The van der Waals surface area contributed by atoms with Crippen LogP contribution in [0.15, 0.2) is 61.1 Å². The van der Waals surface area contributed by atoms with Crippen molar-refractivity contribution in [2.75, 3.05) is 17.7 Å². The molecule has 0 saturated heterocycles. The van der Waals surface area contributed by atoms with Gasteiger partial charge in [-0.25, -0.2) is 9.59 Å². The van der Waals surface area contributed by atoms with Crippen molar-refractivity contribution in [3.8, 4) is 0 Å². The van der Waals surface area contributed by atoms with E-state index in [-0.39, 0.29) is 12.2 Å². The maximum absolute atomic E-state index is 12.8. The minimum Gasteiger partial charge on any atom is -0.463 e. The minimum absolute atomic E-state index is 0.204. The number of hydrogen-bond acceptors (Lipinski definition) is 9. The van der Waals surface area contributed by atoms with Crippen LogP contribution >= 0.6 is 39.0 Å². The first-order valence-electron chi connectivity index (χ1n) is 10.5. The molecule has 3 heterocycles. The number of carbonyl (C=O) groups is 2. The lowest BCUT2D eigenvalue weighted by atomic mass is 10.0. The number of halogens is 1. The van der Waals surface area contributed by atoms with Crippen LogP contribution in [0, 0.1) is 0 Å². The van der Waals surface area contributed by atoms with Crippen LogP contribution in [-0.4, -0.2) is 34.6 Å². The number of benzene rings is 1. The highest BCUT2D eigenvalue weighted by molar-refractivity contribution is 9.10. The molecule has 0 radical (unpaired) electrons. The average molecular weight is 564 g/mol. The van der Waals surface area contributed by atoms with E-state index in [1.165, 1.54) is 28.7 Å². The number of para-hydroxylation sites is 1. The van der Waals surface area contributed by atoms with E-state index in [2.05, 4.69) is 55.1 Å². The second kappa shape index (κ2) is 11.1. The van der Waals surface area contributed by atoms with Gasteiger partial charge in [0.25, 0.3) is 0 Å². The summed E-state index contributed by atoms with van der Waals surface area (Å²) in [6, 6.07) is 10.2. The predicted octanol–water partition coefficient (Wildman–Crippen LogP) is 5.16. The number of urea groups is 1. The van der Waals surface area contributed by atoms with Crippen LogP contribution in [0.5, 0.6) is 0 Å². The third-order valence-corrected chi connectivity index (χ3v) is 7.34. The summed E-state index contributed by atoms with van der Waals surface area (Å²) in [5.41, 5.74) is 2.90. The summed E-state index contributed by atoms with van der Waals surface area (Å²) in [5.74, 6) is 0.184. The van der Waals surface area contributed by atoms with Crippen molar-refractivity contribution in [1.82, 2.24) is 20.8 Å². The number of rotatable bonds is 9. The highest BCUT2D eigenvalue weighted by Gasteiger charge is 2.35. The van der Waals surface area contributed by atoms with Crippen molar-refractivity contribution in [2.45, 2.75) is 30.6 Å². The lowest BCUT2D eigenvalue weighted by molar-refractivity contribution is -0.139. The summed E-state index contributed by atoms with van der Waals surface area (Å²) < 4.78 is 12.1. The zero-order chi connectivity index (χ0) is 24.1. The number of thioether (sulfide) groups is 1. The molecule has 34 heavy (non-hydrogen) atoms. The quantitative estimate of drug-likeness (QED) is 0.241. The smallest absolute Gasteiger partial charge is 0.338 e. The molecule has 0 saturated carbocycles. The van der Waals surface area contributed by atoms with Gasteiger partial charge in [0.05, 0.1) is 12.2 Å². The van der Waals surface area contributed by atoms with Gasteiger partial charge < -0.3 is 25.1 Å². The monoisotopic (exact) mass is 563 g/mol. The van der Waals surface area contributed by atoms with E-state index in [1.807, 2.05) is 18.2 Å². The first kappa shape index (κ1) is 24.3. The Morgan fingerprint density at radius 2 is 2.09 bits per heavy atom. The third kappa shape index (κ3) is 5.62. The van der Waals surface area contributed by atoms with Crippen molar-refractivity contribution in [1.29, 1.82) is 0 Å². The van der Waals surface area contributed by atoms with E-state index >= 15 is 0 Å². The zero-order valence-electron chi connectivity index (χ0n) is 18.4. The molecule has 1 aromatic carbocycles. The Labute approximate surface area is 212 Å². The Morgan fingerprint density at radius 3 is 2.82 bits per heavy atom. The lowest BCUT2D eigenvalue weighted by Crippen LogP contribution is -2.46. The number of nitrogens with zero attached hydrogens (tertiary/aromatic N) is 2. The topological polar surface area (TPSA) is 118 Å². The predicted molar refractivity (Wildman–Crippen MR) is 134 cm³/mol. The van der Waals surface area contributed by atoms with Gasteiger partial charge in [-0.3, -0.25) is 0 Å². The molecule has 4 rings (SSSR count). The molecule has 0 fully saturated rings. The second-order valence-corrected chi connectivity index (χ2v) is 10.1. The van der Waals surface area contributed by atoms with Crippen LogP contribution in [0.2, 0.25) is 0 Å². The van der Waals surface area contributed by atoms with Crippen LogP contribution in [-0.2, 0) is 16.0 Å². The number of carbonyl (C=O) groups excluding carboxylic acids is 2. The largest absolute Gasteiger partial charge is 0.463 e. The first-order valence-corrected chi connectivity index (χ1v) is 13.1. The molecule has 1 aliphatic heterocycles. The summed E-state index contributed by atoms with van der Waals surface area (Å²) in [6.07, 6.45) is 0.898. The van der Waals surface area contributed by atoms with Gasteiger partial charge in [0.1, 0.15) is 11.8 Å². The molecule has 3 N–H and O–H groups in total. The molecule has 2 amide bonds. The number of anilines is 2. The fourth-order valence-corrected chi connectivity index (χ4v) is 5.45. The van der Waals surface area contributed by atoms with Crippen LogP contribution < -0.4 is 16.0 Å². The molecule has 0 bridgehead atoms. The standard InChI is InChI=1S/C22H22BrN5O4S2/c1-3-12-7-5-6-8-13(12)25-21-27-28-22(34-21)33-11-14-17(19(29)31-4-2)18(26-20(30)24-14)15-9-10-16(23)32-15/h5-10,18H,3-4,11H2,1-2H3,(H,25,27)(H2,24,26,30). The Bertz CT molecular complexity index is 1230. The lowest BCUT2D eigenvalue weighted by Gasteiger charge is -2.27. The first-order chi connectivity index (χ1) is 16.5. The molecule has 1 aliphatic rings. The van der Waals surface area contributed by atoms with E-state index in [4.69, 9.17) is 9.15 Å². The van der Waals surface area contributed by atoms with E-state index < -0.39 is 18.0 Å². The molecule has 0 spiro atoms. The second-order valence-electron chi connectivity index (χ2n) is 7.08. The Kier molecular flexibility index (Phi) is 7.91. The van der Waals surface area contributed by atoms with Crippen LogP contribution in [0.3, 0.4) is 0 Å². The van der Waals surface area contributed by atoms with E-state index in [9.17, 15) is 9.59 Å². The molecule has 2 aromatic heterocycles. The van der Waals surface area contributed by atoms with Gasteiger partial charge in [0, 0.05) is 17.1 Å². The Morgan fingerprint density at radius 1 is 1.26 bits per heavy atom. The van der Waals surface area contributed by atoms with Gasteiger partial charge >= 0.3 is 12.0 Å². The van der Waals surface area contributed by atoms with Crippen molar-refractivity contribution in [3.63, 3.8) is 0 Å². The van der Waals surface area contributed by atoms with Crippen molar-refractivity contribution in [3.05, 3.63) is 63.7 Å². The summed E-state index contributed by atoms with van der Waals surface area (Å²) in [7, 11) is 0. The highest BCUT2D eigenvalue weighted by atomic mass is 79.9. The molecule has 1 unspecified atom stereocenters. The van der Waals surface area contributed by atoms with Crippen molar-refractivity contribution >= 4 is 61.8 Å². The molecule has 3 aromatic rings. The van der Waals surface area contributed by atoms with Crippen molar-refractivity contribution < 1.29 is 18.7 Å². The molecule has 12 heteroatoms. The number of esters is 1. The molecular formula is C22H22BrN5O4S2. The number of furan rings is 1. The summed E-state index contributed by atoms with van der Waals surface area (Å²) in [5, 5.41) is 17.9. The number of amides is 2. The number of aryl methyl sites for hydroxylation is 1. The number of ether oxygens (including phenoxy) is 1. The minimum atomic E-state index is -0.771. The summed E-state index contributed by atoms with van der Waals surface area (Å²) in [4.78, 5) is 25.2. The Hall–Kier alpha value is -2.83. The van der Waals surface area contributed by atoms with Gasteiger partial charge in [-0.05, 0) is 53.0 Å². The maximum Gasteiger partial charge on any atom is 0.338 e. The molecule has 9 nitrogen and oxygen atoms in total. The van der Waals surface area contributed by atoms with Crippen LogP contribution in [0.1, 0.15) is 31.2 Å². The number of hydrogen-bond donors (Lipinski definition) is 3. The summed E-state index contributed by atoms with van der Waals surface area (Å²) >= 11 is 6.03. The van der Waals surface area contributed by atoms with E-state index in [0.29, 0.717) is 31.4 Å². The molecule has 178 valence electrons. The van der Waals surface area contributed by atoms with Gasteiger partial charge in [0.15, 0.2) is 9.01 Å². The molecular weight excluding hydrogens is 542 g/mol. The normalized spacial score (nSPS) is 15.6. The average Bonchev–Trinajstić information content (AvgIpc) is 3.46. The number of nitrogens with one attached hydrogen (secondary N) is 3. The van der Waals surface area contributed by atoms with Gasteiger partial charge in [-0.15, -0.1) is 10.2 Å². The Balaban J connectivity index is 1.54. The SMILES string of the molecule is CCOC(=O)C1=C(CSc2nnc(Nc3ccccc3CC)s2)NC(=O)NC1c1ccc(Br)o1. The van der Waals surface area contributed by atoms with Crippen LogP contribution in [0.4, 0.5) is 15.6 Å². The van der Waals surface area contributed by atoms with Crippen LogP contribution in [0.25, 0.3) is 0 Å².